The van der Waals surface area contributed by atoms with Gasteiger partial charge in [0.05, 0.1) is 6.26 Å². The minimum Gasteiger partial charge on any atom is -0.401 e. The largest absolute Gasteiger partial charge is 0.555 e. The van der Waals surface area contributed by atoms with Gasteiger partial charge in [0.2, 0.25) is 0 Å². The van der Waals surface area contributed by atoms with E-state index in [2.05, 4.69) is 4.74 Å². The molecule has 0 aliphatic rings. The van der Waals surface area contributed by atoms with Gasteiger partial charge in [0.25, 0.3) is 0 Å². The predicted octanol–water partition coefficient (Wildman–Crippen LogP) is 1.09. The number of carbonyl (C=O) groups excluding carboxylic acids is 1. The van der Waals surface area contributed by atoms with Gasteiger partial charge in [0.15, 0.2) is 0 Å². The van der Waals surface area contributed by atoms with E-state index in [9.17, 15) is 9.90 Å². The Morgan fingerprint density at radius 1 is 1.71 bits per heavy atom. The maximum absolute atomic E-state index is 9.37. The van der Waals surface area contributed by atoms with Crippen molar-refractivity contribution < 1.29 is 14.6 Å². The van der Waals surface area contributed by atoms with Crippen LogP contribution < -0.4 is 0 Å². The van der Waals surface area contributed by atoms with E-state index in [1.807, 2.05) is 0 Å². The standard InChI is InChI=1S/C4H5O3/c1-2-3-7-4(5)6/h2-3H,1H3. The molecule has 0 aliphatic heterocycles. The van der Waals surface area contributed by atoms with E-state index in [0.29, 0.717) is 0 Å². The maximum Gasteiger partial charge on any atom is 0.555 e. The van der Waals surface area contributed by atoms with Crippen molar-refractivity contribution in [1.29, 1.82) is 0 Å². The van der Waals surface area contributed by atoms with Crippen molar-refractivity contribution in [2.45, 2.75) is 6.92 Å². The van der Waals surface area contributed by atoms with Gasteiger partial charge in [0, 0.05) is 0 Å². The van der Waals surface area contributed by atoms with Gasteiger partial charge >= 0.3 is 6.16 Å². The van der Waals surface area contributed by atoms with Gasteiger partial charge in [-0.1, -0.05) is 6.08 Å². The first-order valence-electron chi connectivity index (χ1n) is 1.76. The van der Waals surface area contributed by atoms with E-state index in [-0.39, 0.29) is 0 Å². The van der Waals surface area contributed by atoms with Gasteiger partial charge in [0.1, 0.15) is 0 Å². The summed E-state index contributed by atoms with van der Waals surface area (Å²) in [4.78, 5) is 9.37. The summed E-state index contributed by atoms with van der Waals surface area (Å²) in [5, 5.41) is 9.37. The first-order valence-corrected chi connectivity index (χ1v) is 1.76. The number of allylic oxidation sites excluding steroid dienone is 1. The van der Waals surface area contributed by atoms with Crippen LogP contribution in [0.2, 0.25) is 0 Å². The van der Waals surface area contributed by atoms with Gasteiger partial charge in [-0.05, 0) is 6.92 Å². The summed E-state index contributed by atoms with van der Waals surface area (Å²) < 4.78 is 3.82. The minimum absolute atomic E-state index is 1.04. The molecule has 0 heterocycles. The monoisotopic (exact) mass is 101 g/mol. The number of carbonyl (C=O) groups is 1. The third kappa shape index (κ3) is 5.01. The number of ether oxygens (including phenoxy) is 1. The Kier molecular flexibility index (Phi) is 2.76. The fourth-order valence-corrected chi connectivity index (χ4v) is 0.124. The van der Waals surface area contributed by atoms with Crippen LogP contribution in [-0.4, -0.2) is 6.16 Å². The zero-order valence-electron chi connectivity index (χ0n) is 3.88. The van der Waals surface area contributed by atoms with Crippen LogP contribution in [0.25, 0.3) is 0 Å². The molecule has 0 saturated heterocycles. The quantitative estimate of drug-likeness (QED) is 0.366. The highest BCUT2D eigenvalue weighted by atomic mass is 16.7. The van der Waals surface area contributed by atoms with Crippen molar-refractivity contribution >= 4 is 6.16 Å². The predicted molar refractivity (Wildman–Crippen MR) is 22.0 cm³/mol. The zero-order chi connectivity index (χ0) is 5.70. The van der Waals surface area contributed by atoms with E-state index in [1.165, 1.54) is 6.08 Å². The summed E-state index contributed by atoms with van der Waals surface area (Å²) in [5.74, 6) is 0. The third-order valence-corrected chi connectivity index (χ3v) is 0.300. The van der Waals surface area contributed by atoms with Gasteiger partial charge < -0.3 is 4.74 Å². The molecule has 0 fully saturated rings. The lowest BCUT2D eigenvalue weighted by molar-refractivity contribution is 0.101. The fraction of sp³-hybridized carbons (Fsp3) is 0.250. The van der Waals surface area contributed by atoms with E-state index >= 15 is 0 Å². The smallest absolute Gasteiger partial charge is 0.401 e. The lowest BCUT2D eigenvalue weighted by atomic mass is 10.7. The molecule has 39 valence electrons. The van der Waals surface area contributed by atoms with Crippen LogP contribution in [0.3, 0.4) is 0 Å². The summed E-state index contributed by atoms with van der Waals surface area (Å²) >= 11 is 0. The summed E-state index contributed by atoms with van der Waals surface area (Å²) in [6.45, 7) is 1.64. The second-order valence-corrected chi connectivity index (χ2v) is 0.837. The topological polar surface area (TPSA) is 46.2 Å². The Bertz CT molecular complexity index is 84.9. The van der Waals surface area contributed by atoms with E-state index in [4.69, 9.17) is 0 Å². The Labute approximate surface area is 41.2 Å². The Balaban J connectivity index is 3.14. The van der Waals surface area contributed by atoms with Crippen LogP contribution in [0.1, 0.15) is 6.92 Å². The molecule has 1 radical (unpaired) electrons. The lowest BCUT2D eigenvalue weighted by Gasteiger charge is -1.79. The van der Waals surface area contributed by atoms with E-state index in [0.717, 1.165) is 6.26 Å². The molecule has 3 heteroatoms. The first-order chi connectivity index (χ1) is 3.27. The molecule has 0 aliphatic carbocycles. The van der Waals surface area contributed by atoms with Crippen LogP contribution in [0, 0.1) is 0 Å². The van der Waals surface area contributed by atoms with Gasteiger partial charge in [-0.15, -0.1) is 0 Å². The third-order valence-electron chi connectivity index (χ3n) is 0.300. The molecule has 0 aromatic carbocycles. The molecule has 0 aromatic heterocycles. The summed E-state index contributed by atoms with van der Waals surface area (Å²) in [6, 6.07) is 0. The second kappa shape index (κ2) is 3.21. The highest BCUT2D eigenvalue weighted by Gasteiger charge is 1.90. The van der Waals surface area contributed by atoms with Crippen molar-refractivity contribution in [2.75, 3.05) is 0 Å². The average molecular weight is 101 g/mol. The molecule has 0 unspecified atom stereocenters. The average Bonchev–Trinajstić information content (AvgIpc) is 1.61. The molecule has 0 amide bonds. The van der Waals surface area contributed by atoms with Crippen molar-refractivity contribution in [2.24, 2.45) is 0 Å². The Morgan fingerprint density at radius 2 is 2.29 bits per heavy atom. The number of hydrogen-bond donors (Lipinski definition) is 0. The van der Waals surface area contributed by atoms with Crippen LogP contribution in [0.5, 0.6) is 0 Å². The molecule has 3 nitrogen and oxygen atoms in total. The zero-order valence-corrected chi connectivity index (χ0v) is 3.88. The van der Waals surface area contributed by atoms with Gasteiger partial charge in [-0.3, -0.25) is 0 Å². The Morgan fingerprint density at radius 3 is 2.43 bits per heavy atom. The molecule has 0 saturated carbocycles. The highest BCUT2D eigenvalue weighted by Crippen LogP contribution is 1.76. The SMILES string of the molecule is CC=COC([O])=O. The molecular weight excluding hydrogens is 96.0 g/mol. The molecule has 0 N–H and O–H groups in total. The van der Waals surface area contributed by atoms with Gasteiger partial charge in [-0.25, -0.2) is 0 Å². The van der Waals surface area contributed by atoms with E-state index in [1.54, 1.807) is 6.92 Å². The molecular formula is C4H5O3. The summed E-state index contributed by atoms with van der Waals surface area (Å²) in [6.07, 6.45) is 0.962. The van der Waals surface area contributed by atoms with Gasteiger partial charge in [-0.2, -0.15) is 9.90 Å². The van der Waals surface area contributed by atoms with Crippen LogP contribution >= 0.6 is 0 Å². The maximum atomic E-state index is 9.37. The van der Waals surface area contributed by atoms with E-state index < -0.39 is 6.16 Å². The molecule has 0 aromatic rings. The molecule has 0 atom stereocenters. The van der Waals surface area contributed by atoms with Crippen molar-refractivity contribution in [1.82, 2.24) is 0 Å². The normalized spacial score (nSPS) is 9.29. The van der Waals surface area contributed by atoms with Crippen molar-refractivity contribution in [3.63, 3.8) is 0 Å². The minimum atomic E-state index is -1.53. The molecule has 0 rings (SSSR count). The summed E-state index contributed by atoms with van der Waals surface area (Å²) in [7, 11) is 0. The summed E-state index contributed by atoms with van der Waals surface area (Å²) in [5.41, 5.74) is 0. The van der Waals surface area contributed by atoms with Crippen LogP contribution in [-0.2, 0) is 9.84 Å². The fourth-order valence-electron chi connectivity index (χ4n) is 0.124. The number of rotatable bonds is 1. The molecule has 0 bridgehead atoms. The second-order valence-electron chi connectivity index (χ2n) is 0.837. The lowest BCUT2D eigenvalue weighted by Crippen LogP contribution is -1.88. The van der Waals surface area contributed by atoms with Crippen LogP contribution in [0.4, 0.5) is 4.79 Å². The molecule has 7 heavy (non-hydrogen) atoms. The Hall–Kier alpha value is -0.990. The number of hydrogen-bond acceptors (Lipinski definition) is 2. The van der Waals surface area contributed by atoms with Crippen molar-refractivity contribution in [3.8, 4) is 0 Å². The van der Waals surface area contributed by atoms with Crippen LogP contribution in [0.15, 0.2) is 12.3 Å². The molecule has 0 spiro atoms. The highest BCUT2D eigenvalue weighted by molar-refractivity contribution is 5.57. The van der Waals surface area contributed by atoms with Crippen molar-refractivity contribution in [3.05, 3.63) is 12.3 Å². The first kappa shape index (κ1) is 6.01.